The highest BCUT2D eigenvalue weighted by Crippen LogP contribution is 2.24. The van der Waals surface area contributed by atoms with Gasteiger partial charge in [0, 0.05) is 26.2 Å². The Hall–Kier alpha value is -1.15. The van der Waals surface area contributed by atoms with Crippen molar-refractivity contribution in [3.63, 3.8) is 0 Å². The number of amides is 1. The molecule has 0 bridgehead atoms. The van der Waals surface area contributed by atoms with Crippen molar-refractivity contribution in [3.8, 4) is 0 Å². The molecule has 1 aliphatic rings. The maximum absolute atomic E-state index is 12.3. The lowest BCUT2D eigenvalue weighted by molar-refractivity contribution is 0.0951. The number of carbonyl (C=O) groups is 1. The van der Waals surface area contributed by atoms with Gasteiger partial charge < -0.3 is 10.2 Å². The first kappa shape index (κ1) is 20.2. The van der Waals surface area contributed by atoms with Gasteiger partial charge in [0.25, 0.3) is 5.91 Å². The van der Waals surface area contributed by atoms with Crippen LogP contribution in [0.25, 0.3) is 0 Å². The average molecular weight is 388 g/mol. The van der Waals surface area contributed by atoms with Gasteiger partial charge in [-0.2, -0.15) is 0 Å². The normalized spacial score (nSPS) is 16.2. The lowest BCUT2D eigenvalue weighted by atomic mass is 10.1. The summed E-state index contributed by atoms with van der Waals surface area (Å²) in [5.41, 5.74) is 0.294. The summed E-state index contributed by atoms with van der Waals surface area (Å²) in [4.78, 5) is 14.6. The number of rotatable bonds is 7. The van der Waals surface area contributed by atoms with Gasteiger partial charge in [0.1, 0.15) is 4.90 Å². The third-order valence-corrected chi connectivity index (χ3v) is 6.63. The maximum Gasteiger partial charge on any atom is 0.251 e. The number of sulfonamides is 1. The van der Waals surface area contributed by atoms with Crippen molar-refractivity contribution in [1.29, 1.82) is 0 Å². The monoisotopic (exact) mass is 387 g/mol. The van der Waals surface area contributed by atoms with E-state index in [9.17, 15) is 13.2 Å². The van der Waals surface area contributed by atoms with Crippen LogP contribution in [-0.2, 0) is 10.0 Å². The minimum Gasteiger partial charge on any atom is -0.352 e. The number of nitrogens with zero attached hydrogens (tertiary/aromatic N) is 2. The molecule has 1 aromatic carbocycles. The Morgan fingerprint density at radius 2 is 1.92 bits per heavy atom. The van der Waals surface area contributed by atoms with Crippen LogP contribution in [0.4, 0.5) is 0 Å². The smallest absolute Gasteiger partial charge is 0.251 e. The first-order chi connectivity index (χ1) is 11.8. The summed E-state index contributed by atoms with van der Waals surface area (Å²) in [5.74, 6) is -0.287. The van der Waals surface area contributed by atoms with Crippen molar-refractivity contribution < 1.29 is 13.2 Å². The Balaban J connectivity index is 1.93. The molecule has 1 N–H and O–H groups in total. The van der Waals surface area contributed by atoms with Gasteiger partial charge in [-0.25, -0.2) is 12.7 Å². The van der Waals surface area contributed by atoms with E-state index >= 15 is 0 Å². The molecule has 25 heavy (non-hydrogen) atoms. The van der Waals surface area contributed by atoms with Crippen molar-refractivity contribution in [2.75, 3.05) is 40.3 Å². The van der Waals surface area contributed by atoms with Gasteiger partial charge in [0.15, 0.2) is 0 Å². The van der Waals surface area contributed by atoms with E-state index in [1.165, 1.54) is 51.6 Å². The highest BCUT2D eigenvalue weighted by Gasteiger charge is 2.22. The lowest BCUT2D eigenvalue weighted by Crippen LogP contribution is -2.33. The van der Waals surface area contributed by atoms with Crippen molar-refractivity contribution >= 4 is 27.5 Å². The third kappa shape index (κ3) is 5.41. The minimum atomic E-state index is -3.69. The Morgan fingerprint density at radius 3 is 2.56 bits per heavy atom. The van der Waals surface area contributed by atoms with E-state index < -0.39 is 10.0 Å². The standard InChI is InChI=1S/C17H26ClN3O3S/c1-20(2)25(23,24)16-13-14(7-8-15(16)18)17(22)19-9-6-12-21-10-4-3-5-11-21/h7-8,13H,3-6,9-12H2,1-2H3,(H,19,22). The number of likely N-dealkylation sites (tertiary alicyclic amines) is 1. The summed E-state index contributed by atoms with van der Waals surface area (Å²) in [6, 6.07) is 4.31. The molecule has 8 heteroatoms. The fourth-order valence-corrected chi connectivity index (χ4v) is 4.22. The van der Waals surface area contributed by atoms with Gasteiger partial charge in [-0.15, -0.1) is 0 Å². The summed E-state index contributed by atoms with van der Waals surface area (Å²) in [6.07, 6.45) is 4.69. The predicted molar refractivity (Wildman–Crippen MR) is 99.6 cm³/mol. The van der Waals surface area contributed by atoms with Crippen LogP contribution < -0.4 is 5.32 Å². The Labute approximate surface area is 155 Å². The molecule has 2 rings (SSSR count). The molecule has 1 amide bonds. The molecule has 1 saturated heterocycles. The van der Waals surface area contributed by atoms with E-state index in [1.54, 1.807) is 0 Å². The summed E-state index contributed by atoms with van der Waals surface area (Å²) in [6.45, 7) is 3.81. The molecule has 0 aromatic heterocycles. The van der Waals surface area contributed by atoms with Gasteiger partial charge in [-0.3, -0.25) is 4.79 Å². The molecule has 0 atom stereocenters. The van der Waals surface area contributed by atoms with Crippen LogP contribution in [0.3, 0.4) is 0 Å². The highest BCUT2D eigenvalue weighted by molar-refractivity contribution is 7.89. The molecule has 0 saturated carbocycles. The Bertz CT molecular complexity index is 701. The van der Waals surface area contributed by atoms with E-state index in [0.717, 1.165) is 30.4 Å². The van der Waals surface area contributed by atoms with Gasteiger partial charge in [0.05, 0.1) is 5.02 Å². The van der Waals surface area contributed by atoms with E-state index in [-0.39, 0.29) is 15.8 Å². The molecule has 0 aliphatic carbocycles. The van der Waals surface area contributed by atoms with E-state index in [1.807, 2.05) is 0 Å². The van der Waals surface area contributed by atoms with Crippen molar-refractivity contribution in [2.45, 2.75) is 30.6 Å². The van der Waals surface area contributed by atoms with E-state index in [2.05, 4.69) is 10.2 Å². The van der Waals surface area contributed by atoms with E-state index in [0.29, 0.717) is 12.1 Å². The van der Waals surface area contributed by atoms with Crippen molar-refractivity contribution in [1.82, 2.24) is 14.5 Å². The third-order valence-electron chi connectivity index (χ3n) is 4.34. The second-order valence-electron chi connectivity index (χ2n) is 6.44. The van der Waals surface area contributed by atoms with Gasteiger partial charge in [0.2, 0.25) is 10.0 Å². The zero-order chi connectivity index (χ0) is 18.4. The number of nitrogens with one attached hydrogen (secondary N) is 1. The van der Waals surface area contributed by atoms with Gasteiger partial charge >= 0.3 is 0 Å². The molecular formula is C17H26ClN3O3S. The number of carbonyl (C=O) groups excluding carboxylic acids is 1. The van der Waals surface area contributed by atoms with Crippen LogP contribution >= 0.6 is 11.6 Å². The Morgan fingerprint density at radius 1 is 1.24 bits per heavy atom. The fourth-order valence-electron chi connectivity index (χ4n) is 2.83. The predicted octanol–water partition coefficient (Wildman–Crippen LogP) is 2.20. The quantitative estimate of drug-likeness (QED) is 0.728. The van der Waals surface area contributed by atoms with Crippen LogP contribution in [-0.4, -0.2) is 63.8 Å². The number of hydrogen-bond donors (Lipinski definition) is 1. The van der Waals surface area contributed by atoms with Crippen LogP contribution in [0.15, 0.2) is 23.1 Å². The second-order valence-corrected chi connectivity index (χ2v) is 8.97. The van der Waals surface area contributed by atoms with Crippen LogP contribution in [0.5, 0.6) is 0 Å². The number of benzene rings is 1. The fraction of sp³-hybridized carbons (Fsp3) is 0.588. The highest BCUT2D eigenvalue weighted by atomic mass is 35.5. The topological polar surface area (TPSA) is 69.7 Å². The lowest BCUT2D eigenvalue weighted by Gasteiger charge is -2.26. The summed E-state index contributed by atoms with van der Waals surface area (Å²) >= 11 is 6.00. The molecule has 0 radical (unpaired) electrons. The molecule has 140 valence electrons. The zero-order valence-corrected chi connectivity index (χ0v) is 16.4. The molecule has 1 heterocycles. The van der Waals surface area contributed by atoms with Gasteiger partial charge in [-0.1, -0.05) is 18.0 Å². The molecular weight excluding hydrogens is 362 g/mol. The summed E-state index contributed by atoms with van der Waals surface area (Å²) in [5, 5.41) is 2.96. The number of halogens is 1. The molecule has 1 aliphatic heterocycles. The molecule has 6 nitrogen and oxygen atoms in total. The first-order valence-electron chi connectivity index (χ1n) is 8.55. The molecule has 0 spiro atoms. The number of hydrogen-bond acceptors (Lipinski definition) is 4. The average Bonchev–Trinajstić information content (AvgIpc) is 2.59. The van der Waals surface area contributed by atoms with Crippen molar-refractivity contribution in [3.05, 3.63) is 28.8 Å². The summed E-state index contributed by atoms with van der Waals surface area (Å²) in [7, 11) is -0.829. The Kier molecular flexibility index (Phi) is 7.25. The number of piperidine rings is 1. The largest absolute Gasteiger partial charge is 0.352 e. The second kappa shape index (κ2) is 8.98. The molecule has 1 fully saturated rings. The minimum absolute atomic E-state index is 0.0554. The van der Waals surface area contributed by atoms with Crippen molar-refractivity contribution in [2.24, 2.45) is 0 Å². The van der Waals surface area contributed by atoms with Crippen LogP contribution in [0, 0.1) is 0 Å². The van der Waals surface area contributed by atoms with Crippen LogP contribution in [0.1, 0.15) is 36.0 Å². The maximum atomic E-state index is 12.3. The van der Waals surface area contributed by atoms with E-state index in [4.69, 9.17) is 11.6 Å². The SMILES string of the molecule is CN(C)S(=O)(=O)c1cc(C(=O)NCCCN2CCCCC2)ccc1Cl. The van der Waals surface area contributed by atoms with Gasteiger partial charge in [-0.05, 0) is 57.1 Å². The summed E-state index contributed by atoms with van der Waals surface area (Å²) < 4.78 is 25.6. The molecule has 0 unspecified atom stereocenters. The zero-order valence-electron chi connectivity index (χ0n) is 14.8. The molecule has 1 aromatic rings. The van der Waals surface area contributed by atoms with Crippen LogP contribution in [0.2, 0.25) is 5.02 Å². The first-order valence-corrected chi connectivity index (χ1v) is 10.4.